The molecular formula is C31H39FN2O4. The first-order valence-corrected chi connectivity index (χ1v) is 13.6. The molecule has 0 radical (unpaired) electrons. The van der Waals surface area contributed by atoms with Crippen molar-refractivity contribution in [2.75, 3.05) is 33.9 Å². The molecule has 7 heteroatoms. The molecule has 2 heterocycles. The number of aliphatic carboxylic acids is 1. The van der Waals surface area contributed by atoms with Crippen LogP contribution < -0.4 is 9.47 Å². The number of rotatable bonds is 13. The van der Waals surface area contributed by atoms with Crippen molar-refractivity contribution in [3.8, 4) is 11.5 Å². The van der Waals surface area contributed by atoms with Crippen LogP contribution in [0.2, 0.25) is 0 Å². The third kappa shape index (κ3) is 7.44. The minimum absolute atomic E-state index is 0.161. The number of carbonyl (C=O) groups is 1. The van der Waals surface area contributed by atoms with Gasteiger partial charge in [0.25, 0.3) is 0 Å². The molecule has 1 aromatic heterocycles. The molecule has 38 heavy (non-hydrogen) atoms. The molecule has 204 valence electrons. The van der Waals surface area contributed by atoms with Crippen molar-refractivity contribution in [1.29, 1.82) is 0 Å². The van der Waals surface area contributed by atoms with Gasteiger partial charge >= 0.3 is 5.97 Å². The van der Waals surface area contributed by atoms with Gasteiger partial charge in [0.1, 0.15) is 17.7 Å². The summed E-state index contributed by atoms with van der Waals surface area (Å²) in [6, 6.07) is 15.5. The van der Waals surface area contributed by atoms with Gasteiger partial charge in [-0.05, 0) is 111 Å². The molecule has 1 N–H and O–H groups in total. The number of benzene rings is 2. The minimum atomic E-state index is -1.10. The number of methoxy groups -OCH3 is 2. The van der Waals surface area contributed by atoms with E-state index in [1.54, 1.807) is 26.5 Å². The number of halogens is 1. The molecule has 2 unspecified atom stereocenters. The Labute approximate surface area is 224 Å². The van der Waals surface area contributed by atoms with E-state index in [0.717, 1.165) is 62.0 Å². The molecular weight excluding hydrogens is 483 g/mol. The van der Waals surface area contributed by atoms with Gasteiger partial charge in [-0.3, -0.25) is 9.78 Å². The molecule has 1 saturated heterocycles. The highest BCUT2D eigenvalue weighted by atomic mass is 19.1. The average Bonchev–Trinajstić information content (AvgIpc) is 2.95. The smallest absolute Gasteiger partial charge is 0.303 e. The largest absolute Gasteiger partial charge is 0.497 e. The number of hydrogen-bond acceptors (Lipinski definition) is 5. The number of ether oxygens (including phenoxy) is 2. The van der Waals surface area contributed by atoms with E-state index in [2.05, 4.69) is 22.0 Å². The fourth-order valence-corrected chi connectivity index (χ4v) is 5.74. The van der Waals surface area contributed by atoms with Crippen LogP contribution >= 0.6 is 0 Å². The molecule has 1 aliphatic heterocycles. The zero-order chi connectivity index (χ0) is 26.9. The van der Waals surface area contributed by atoms with Gasteiger partial charge in [-0.1, -0.05) is 12.1 Å². The van der Waals surface area contributed by atoms with Crippen LogP contribution in [0.3, 0.4) is 0 Å². The summed E-state index contributed by atoms with van der Waals surface area (Å²) in [6.45, 7) is 2.84. The van der Waals surface area contributed by atoms with Crippen molar-refractivity contribution in [2.45, 2.75) is 51.1 Å². The van der Waals surface area contributed by atoms with E-state index in [4.69, 9.17) is 9.47 Å². The maximum atomic E-state index is 15.6. The summed E-state index contributed by atoms with van der Waals surface area (Å²) in [5, 5.41) is 10.1. The normalized spacial score (nSPS) is 18.8. The second-order valence-electron chi connectivity index (χ2n) is 10.3. The van der Waals surface area contributed by atoms with E-state index in [1.165, 1.54) is 5.56 Å². The Morgan fingerprint density at radius 2 is 1.84 bits per heavy atom. The maximum Gasteiger partial charge on any atom is 0.303 e. The molecule has 0 bridgehead atoms. The Balaban J connectivity index is 1.33. The highest BCUT2D eigenvalue weighted by molar-refractivity contribution is 5.83. The second-order valence-corrected chi connectivity index (χ2v) is 10.3. The van der Waals surface area contributed by atoms with E-state index < -0.39 is 12.1 Å². The van der Waals surface area contributed by atoms with Crippen molar-refractivity contribution < 1.29 is 23.8 Å². The van der Waals surface area contributed by atoms with E-state index in [-0.39, 0.29) is 12.3 Å². The first-order chi connectivity index (χ1) is 18.5. The molecule has 2 aromatic carbocycles. The zero-order valence-electron chi connectivity index (χ0n) is 22.4. The molecule has 0 saturated carbocycles. The molecule has 3 aromatic rings. The molecule has 3 atom stereocenters. The lowest BCUT2D eigenvalue weighted by molar-refractivity contribution is -0.137. The highest BCUT2D eigenvalue weighted by Crippen LogP contribution is 2.36. The number of likely N-dealkylation sites (tertiary alicyclic amines) is 1. The van der Waals surface area contributed by atoms with Crippen molar-refractivity contribution >= 4 is 16.9 Å². The molecule has 1 fully saturated rings. The van der Waals surface area contributed by atoms with Crippen molar-refractivity contribution in [2.24, 2.45) is 11.8 Å². The molecule has 4 rings (SSSR count). The number of nitrogens with zero attached hydrogens (tertiary/aromatic N) is 2. The second kappa shape index (κ2) is 13.6. The van der Waals surface area contributed by atoms with Crippen molar-refractivity contribution in [3.63, 3.8) is 0 Å². The van der Waals surface area contributed by atoms with Gasteiger partial charge in [-0.15, -0.1) is 0 Å². The minimum Gasteiger partial charge on any atom is -0.497 e. The number of carboxylic acids is 1. The summed E-state index contributed by atoms with van der Waals surface area (Å²) in [4.78, 5) is 18.2. The fraction of sp³-hybridized carbons (Fsp3) is 0.484. The van der Waals surface area contributed by atoms with Crippen LogP contribution in [0.5, 0.6) is 11.5 Å². The topological polar surface area (TPSA) is 71.9 Å². The van der Waals surface area contributed by atoms with Crippen molar-refractivity contribution in [1.82, 2.24) is 9.88 Å². The molecule has 6 nitrogen and oxygen atoms in total. The number of piperidine rings is 1. The lowest BCUT2D eigenvalue weighted by Crippen LogP contribution is -2.41. The summed E-state index contributed by atoms with van der Waals surface area (Å²) in [7, 11) is 3.28. The zero-order valence-corrected chi connectivity index (χ0v) is 22.4. The van der Waals surface area contributed by atoms with E-state index in [9.17, 15) is 9.90 Å². The molecule has 0 aliphatic carbocycles. The van der Waals surface area contributed by atoms with E-state index in [0.29, 0.717) is 30.1 Å². The first kappa shape index (κ1) is 27.8. The standard InChI is InChI=1S/C31H39FN2O4/c1-37-25-9-5-22(6-10-25)4-3-18-34-19-16-23(24(21-34)8-14-31(35)36)7-12-29(32)27-15-17-33-30-13-11-26(38-2)20-28(27)30/h5-6,9-11,13,15,17,20,23-24,29H,3-4,7-8,12,14,16,18-19,21H2,1-2H3,(H,35,36)/t23?,24?,29-/m0/s1. The average molecular weight is 523 g/mol. The van der Waals surface area contributed by atoms with Gasteiger partial charge < -0.3 is 19.5 Å². The first-order valence-electron chi connectivity index (χ1n) is 13.6. The number of aryl methyl sites for hydroxylation is 1. The Morgan fingerprint density at radius 3 is 2.58 bits per heavy atom. The quantitative estimate of drug-likeness (QED) is 0.277. The third-order valence-corrected chi connectivity index (χ3v) is 7.91. The molecule has 0 spiro atoms. The number of pyridine rings is 1. The number of aromatic nitrogens is 1. The Kier molecular flexibility index (Phi) is 9.93. The lowest BCUT2D eigenvalue weighted by Gasteiger charge is -2.39. The van der Waals surface area contributed by atoms with E-state index >= 15 is 4.39 Å². The Morgan fingerprint density at radius 1 is 1.08 bits per heavy atom. The summed E-state index contributed by atoms with van der Waals surface area (Å²) in [5.41, 5.74) is 2.69. The summed E-state index contributed by atoms with van der Waals surface area (Å²) in [5.74, 6) is 1.38. The third-order valence-electron chi connectivity index (χ3n) is 7.91. The Hall–Kier alpha value is -3.19. The number of fused-ring (bicyclic) bond motifs is 1. The van der Waals surface area contributed by atoms with Crippen LogP contribution in [0.4, 0.5) is 4.39 Å². The number of hydrogen-bond donors (Lipinski definition) is 1. The van der Waals surface area contributed by atoms with Gasteiger partial charge in [-0.25, -0.2) is 4.39 Å². The summed E-state index contributed by atoms with van der Waals surface area (Å²) in [6.07, 6.45) is 5.56. The van der Waals surface area contributed by atoms with Gasteiger partial charge in [-0.2, -0.15) is 0 Å². The Bertz CT molecular complexity index is 1190. The van der Waals surface area contributed by atoms with Gasteiger partial charge in [0.2, 0.25) is 0 Å². The molecule has 0 amide bonds. The van der Waals surface area contributed by atoms with Gasteiger partial charge in [0.05, 0.1) is 19.7 Å². The summed E-state index contributed by atoms with van der Waals surface area (Å²) < 4.78 is 26.1. The highest BCUT2D eigenvalue weighted by Gasteiger charge is 2.30. The fourth-order valence-electron chi connectivity index (χ4n) is 5.74. The predicted octanol–water partition coefficient (Wildman–Crippen LogP) is 6.48. The number of carboxylic acid groups (broad SMARTS) is 1. The maximum absolute atomic E-state index is 15.6. The predicted molar refractivity (Wildman–Crippen MR) is 148 cm³/mol. The van der Waals surface area contributed by atoms with Crippen molar-refractivity contribution in [3.05, 3.63) is 65.9 Å². The summed E-state index contributed by atoms with van der Waals surface area (Å²) >= 11 is 0. The van der Waals surface area contributed by atoms with Crippen LogP contribution in [0.25, 0.3) is 10.9 Å². The van der Waals surface area contributed by atoms with Crippen LogP contribution in [0, 0.1) is 11.8 Å². The van der Waals surface area contributed by atoms with Gasteiger partial charge in [0.15, 0.2) is 0 Å². The monoisotopic (exact) mass is 522 g/mol. The molecule has 1 aliphatic rings. The number of alkyl halides is 1. The van der Waals surface area contributed by atoms with E-state index in [1.807, 2.05) is 30.3 Å². The SMILES string of the molecule is COc1ccc(CCCN2CCC(CC[C@H](F)c3ccnc4ccc(OC)cc34)C(CCC(=O)O)C2)cc1. The van der Waals surface area contributed by atoms with Crippen LogP contribution in [-0.2, 0) is 11.2 Å². The van der Waals surface area contributed by atoms with Crippen LogP contribution in [-0.4, -0.2) is 54.8 Å². The van der Waals surface area contributed by atoms with Crippen LogP contribution in [0.15, 0.2) is 54.7 Å². The lowest BCUT2D eigenvalue weighted by atomic mass is 9.79. The van der Waals surface area contributed by atoms with Crippen LogP contribution in [0.1, 0.15) is 55.8 Å². The van der Waals surface area contributed by atoms with Gasteiger partial charge in [0, 0.05) is 24.5 Å².